The number of rotatable bonds is 9. The van der Waals surface area contributed by atoms with Gasteiger partial charge >= 0.3 is 0 Å². The highest BCUT2D eigenvalue weighted by molar-refractivity contribution is 9.09. The number of halogens is 1. The molecule has 7 heteroatoms. The highest BCUT2D eigenvalue weighted by atomic mass is 79.9. The maximum absolute atomic E-state index is 12.4. The fourth-order valence-corrected chi connectivity index (χ4v) is 3.76. The summed E-state index contributed by atoms with van der Waals surface area (Å²) in [5.74, 6) is 0.569. The molecule has 6 nitrogen and oxygen atoms in total. The zero-order chi connectivity index (χ0) is 21.5. The third kappa shape index (κ3) is 5.42. The molecule has 0 spiro atoms. The number of nitrogens with one attached hydrogen (secondary N) is 2. The van der Waals surface area contributed by atoms with Crippen molar-refractivity contribution in [2.24, 2.45) is 0 Å². The molecule has 158 valence electrons. The first-order chi connectivity index (χ1) is 14.5. The normalized spacial score (nSPS) is 11.8. The van der Waals surface area contributed by atoms with Gasteiger partial charge in [-0.2, -0.15) is 0 Å². The van der Waals surface area contributed by atoms with E-state index in [4.69, 9.17) is 4.74 Å². The van der Waals surface area contributed by atoms with Crippen LogP contribution in [0.4, 0.5) is 0 Å². The molecule has 1 heterocycles. The molecule has 3 rings (SSSR count). The summed E-state index contributed by atoms with van der Waals surface area (Å²) in [6, 6.07) is 15.5. The third-order valence-corrected chi connectivity index (χ3v) is 5.58. The average Bonchev–Trinajstić information content (AvgIpc) is 3.16. The lowest BCUT2D eigenvalue weighted by molar-refractivity contribution is -0.130. The van der Waals surface area contributed by atoms with Crippen molar-refractivity contribution in [1.29, 1.82) is 0 Å². The van der Waals surface area contributed by atoms with Crippen molar-refractivity contribution >= 4 is 38.6 Å². The van der Waals surface area contributed by atoms with Crippen molar-refractivity contribution in [3.63, 3.8) is 0 Å². The quantitative estimate of drug-likeness (QED) is 0.467. The molecule has 2 N–H and O–H groups in total. The maximum atomic E-state index is 12.4. The predicted molar refractivity (Wildman–Crippen MR) is 122 cm³/mol. The van der Waals surface area contributed by atoms with Crippen LogP contribution < -0.4 is 10.1 Å². The Bertz CT molecular complexity index is 1020. The van der Waals surface area contributed by atoms with E-state index in [9.17, 15) is 9.59 Å². The summed E-state index contributed by atoms with van der Waals surface area (Å²) in [6.45, 7) is 2.35. The molecule has 0 aliphatic rings. The summed E-state index contributed by atoms with van der Waals surface area (Å²) in [6.07, 6.45) is 2.58. The van der Waals surface area contributed by atoms with Crippen LogP contribution in [-0.4, -0.2) is 46.7 Å². The number of H-pyrrole nitrogens is 1. The van der Waals surface area contributed by atoms with Crippen LogP contribution in [0.3, 0.4) is 0 Å². The van der Waals surface area contributed by atoms with E-state index in [1.165, 1.54) is 0 Å². The number of hydrogen-bond donors (Lipinski definition) is 2. The minimum atomic E-state index is -0.229. The van der Waals surface area contributed by atoms with Gasteiger partial charge in [0.2, 0.25) is 11.8 Å². The van der Waals surface area contributed by atoms with E-state index in [-0.39, 0.29) is 23.2 Å². The van der Waals surface area contributed by atoms with Crippen LogP contribution in [0.2, 0.25) is 0 Å². The largest absolute Gasteiger partial charge is 0.496 e. The fraction of sp³-hybridized carbons (Fsp3) is 0.304. The molecule has 0 saturated carbocycles. The molecule has 0 saturated heterocycles. The first-order valence-electron chi connectivity index (χ1n) is 9.79. The van der Waals surface area contributed by atoms with Gasteiger partial charge in [0.15, 0.2) is 0 Å². The highest BCUT2D eigenvalue weighted by Gasteiger charge is 2.21. The molecule has 0 bridgehead atoms. The summed E-state index contributed by atoms with van der Waals surface area (Å²) in [5.41, 5.74) is 3.08. The van der Waals surface area contributed by atoms with E-state index in [2.05, 4.69) is 32.3 Å². The lowest BCUT2D eigenvalue weighted by Gasteiger charge is -2.28. The molecule has 1 atom stereocenters. The topological polar surface area (TPSA) is 74.4 Å². The van der Waals surface area contributed by atoms with Crippen molar-refractivity contribution in [3.8, 4) is 5.75 Å². The molecule has 0 radical (unpaired) electrons. The zero-order valence-corrected chi connectivity index (χ0v) is 18.7. The molecule has 3 aromatic rings. The minimum absolute atomic E-state index is 0.0575. The average molecular weight is 472 g/mol. The molecule has 2 amide bonds. The number of amides is 2. The van der Waals surface area contributed by atoms with Gasteiger partial charge in [-0.1, -0.05) is 52.3 Å². The van der Waals surface area contributed by atoms with Crippen LogP contribution in [0.25, 0.3) is 10.9 Å². The van der Waals surface area contributed by atoms with Gasteiger partial charge in [-0.25, -0.2) is 0 Å². The number of hydrogen-bond acceptors (Lipinski definition) is 3. The van der Waals surface area contributed by atoms with Crippen LogP contribution in [0.1, 0.15) is 18.1 Å². The van der Waals surface area contributed by atoms with Crippen molar-refractivity contribution in [2.75, 3.05) is 19.0 Å². The number of ether oxygens (including phenoxy) is 1. The Labute approximate surface area is 184 Å². The van der Waals surface area contributed by atoms with Gasteiger partial charge < -0.3 is 19.9 Å². The molecular formula is C23H26BrN3O3. The Balaban J connectivity index is 1.82. The minimum Gasteiger partial charge on any atom is -0.496 e. The van der Waals surface area contributed by atoms with Crippen molar-refractivity contribution in [3.05, 3.63) is 65.9 Å². The summed E-state index contributed by atoms with van der Waals surface area (Å²) >= 11 is 3.21. The molecule has 30 heavy (non-hydrogen) atoms. The number of alkyl halides is 1. The SMILES string of the molecule is COc1ccccc1CN(CC(Cc1c[nH]c2ccccc12)NC(=O)CBr)C(C)=O. The molecule has 1 unspecified atom stereocenters. The van der Waals surface area contributed by atoms with Gasteiger partial charge in [-0.3, -0.25) is 9.59 Å². The Kier molecular flexibility index (Phi) is 7.52. The van der Waals surface area contributed by atoms with Crippen LogP contribution in [0, 0.1) is 0 Å². The zero-order valence-electron chi connectivity index (χ0n) is 17.2. The Morgan fingerprint density at radius 1 is 1.13 bits per heavy atom. The first-order valence-corrected chi connectivity index (χ1v) is 10.9. The first kappa shape index (κ1) is 21.9. The van der Waals surface area contributed by atoms with E-state index in [1.54, 1.807) is 18.9 Å². The van der Waals surface area contributed by atoms with Crippen molar-refractivity contribution < 1.29 is 14.3 Å². The van der Waals surface area contributed by atoms with E-state index < -0.39 is 0 Å². The molecule has 0 aliphatic carbocycles. The Hall–Kier alpha value is -2.80. The van der Waals surface area contributed by atoms with E-state index in [1.807, 2.05) is 48.7 Å². The second kappa shape index (κ2) is 10.3. The van der Waals surface area contributed by atoms with Gasteiger partial charge in [0.1, 0.15) is 5.75 Å². The number of para-hydroxylation sites is 2. The lowest BCUT2D eigenvalue weighted by Crippen LogP contribution is -2.46. The lowest BCUT2D eigenvalue weighted by atomic mass is 10.0. The molecular weight excluding hydrogens is 446 g/mol. The fourth-order valence-electron chi connectivity index (χ4n) is 3.60. The number of benzene rings is 2. The third-order valence-electron chi connectivity index (χ3n) is 5.07. The Morgan fingerprint density at radius 2 is 1.87 bits per heavy atom. The predicted octanol–water partition coefficient (Wildman–Crippen LogP) is 3.65. The van der Waals surface area contributed by atoms with Crippen molar-refractivity contribution in [1.82, 2.24) is 15.2 Å². The summed E-state index contributed by atoms with van der Waals surface area (Å²) < 4.78 is 5.43. The number of aromatic nitrogens is 1. The smallest absolute Gasteiger partial charge is 0.230 e. The van der Waals surface area contributed by atoms with Crippen molar-refractivity contribution in [2.45, 2.75) is 25.9 Å². The van der Waals surface area contributed by atoms with Gasteiger partial charge in [0.05, 0.1) is 18.5 Å². The molecule has 1 aromatic heterocycles. The summed E-state index contributed by atoms with van der Waals surface area (Å²) in [7, 11) is 1.62. The van der Waals surface area contributed by atoms with E-state index in [0.29, 0.717) is 19.5 Å². The highest BCUT2D eigenvalue weighted by Crippen LogP contribution is 2.22. The molecule has 0 aliphatic heterocycles. The second-order valence-electron chi connectivity index (χ2n) is 7.17. The number of nitrogens with zero attached hydrogens (tertiary/aromatic N) is 1. The number of fused-ring (bicyclic) bond motifs is 1. The van der Waals surface area contributed by atoms with Crippen LogP contribution in [0.5, 0.6) is 5.75 Å². The van der Waals surface area contributed by atoms with E-state index >= 15 is 0 Å². The molecule has 0 fully saturated rings. The van der Waals surface area contributed by atoms with Crippen LogP contribution in [0.15, 0.2) is 54.7 Å². The summed E-state index contributed by atoms with van der Waals surface area (Å²) in [5, 5.41) is 4.38. The van der Waals surface area contributed by atoms with Crippen LogP contribution >= 0.6 is 15.9 Å². The van der Waals surface area contributed by atoms with Crippen LogP contribution in [-0.2, 0) is 22.6 Å². The van der Waals surface area contributed by atoms with Gasteiger partial charge in [-0.05, 0) is 24.1 Å². The Morgan fingerprint density at radius 3 is 2.60 bits per heavy atom. The van der Waals surface area contributed by atoms with Gasteiger partial charge in [-0.15, -0.1) is 0 Å². The van der Waals surface area contributed by atoms with E-state index in [0.717, 1.165) is 27.8 Å². The van der Waals surface area contributed by atoms with Gasteiger partial charge in [0, 0.05) is 42.7 Å². The standard InChI is InChI=1S/C23H26BrN3O3/c1-16(28)27(14-17-7-3-6-10-22(17)30-2)15-19(26-23(29)12-24)11-18-13-25-21-9-5-4-8-20(18)21/h3-10,13,19,25H,11-12,14-15H2,1-2H3,(H,26,29). The summed E-state index contributed by atoms with van der Waals surface area (Å²) in [4.78, 5) is 29.6. The molecule has 2 aromatic carbocycles. The number of carbonyl (C=O) groups is 2. The number of carbonyl (C=O) groups excluding carboxylic acids is 2. The number of methoxy groups -OCH3 is 1. The second-order valence-corrected chi connectivity index (χ2v) is 7.73. The monoisotopic (exact) mass is 471 g/mol. The maximum Gasteiger partial charge on any atom is 0.230 e. The number of aromatic amines is 1. The van der Waals surface area contributed by atoms with Gasteiger partial charge in [0.25, 0.3) is 0 Å².